The van der Waals surface area contributed by atoms with Crippen LogP contribution in [0.2, 0.25) is 0 Å². The summed E-state index contributed by atoms with van der Waals surface area (Å²) in [6, 6.07) is -1.09. The van der Waals surface area contributed by atoms with Crippen LogP contribution in [0, 0.1) is 35.5 Å². The zero-order valence-corrected chi connectivity index (χ0v) is 39.2. The quantitative estimate of drug-likeness (QED) is 0.0485. The van der Waals surface area contributed by atoms with E-state index in [-0.39, 0.29) is 42.3 Å². The number of aliphatic hydroxyl groups excluding tert-OH is 1. The van der Waals surface area contributed by atoms with E-state index < -0.39 is 53.7 Å². The maximum absolute atomic E-state index is 13.5. The van der Waals surface area contributed by atoms with Crippen LogP contribution >= 0.6 is 0 Å². The Balaban J connectivity index is 1.44. The Morgan fingerprint density at radius 3 is 2.32 bits per heavy atom. The van der Waals surface area contributed by atoms with Crippen molar-refractivity contribution in [1.29, 1.82) is 0 Å². The number of hydrogen-bond donors (Lipinski definition) is 3. The molecule has 0 aromatic carbocycles. The average Bonchev–Trinajstić information content (AvgIpc) is 3.25. The van der Waals surface area contributed by atoms with Gasteiger partial charge < -0.3 is 34.4 Å². The Labute approximate surface area is 371 Å². The summed E-state index contributed by atoms with van der Waals surface area (Å²) in [6.07, 6.45) is 20.7. The van der Waals surface area contributed by atoms with Gasteiger partial charge >= 0.3 is 5.97 Å². The highest BCUT2D eigenvalue weighted by atomic mass is 16.6. The number of aliphatic carboxylic acids is 1. The zero-order valence-electron chi connectivity index (χ0n) is 39.2. The number of piperidine rings is 1. The van der Waals surface area contributed by atoms with Gasteiger partial charge in [0.1, 0.15) is 24.0 Å². The number of allylic oxidation sites excluding steroid dienone is 7. The van der Waals surface area contributed by atoms with Gasteiger partial charge in [-0.1, -0.05) is 89.5 Å². The van der Waals surface area contributed by atoms with E-state index in [1.807, 2.05) is 58.1 Å². The number of methoxy groups -OCH3 is 2. The molecule has 12 heteroatoms. The van der Waals surface area contributed by atoms with Crippen molar-refractivity contribution in [3.8, 4) is 0 Å². The molecule has 3 N–H and O–H groups in total. The number of carboxylic acid groups (broad SMARTS) is 1. The maximum Gasteiger partial charge on any atom is 0.326 e. The number of likely N-dealkylation sites (tertiary alicyclic amines) is 1. The van der Waals surface area contributed by atoms with Crippen molar-refractivity contribution in [3.05, 3.63) is 47.6 Å². The summed E-state index contributed by atoms with van der Waals surface area (Å²) < 4.78 is 17.0. The first-order valence-corrected chi connectivity index (χ1v) is 23.3. The zero-order chi connectivity index (χ0) is 46.1. The van der Waals surface area contributed by atoms with Crippen molar-refractivity contribution in [3.63, 3.8) is 0 Å². The summed E-state index contributed by atoms with van der Waals surface area (Å²) >= 11 is 0. The van der Waals surface area contributed by atoms with E-state index in [4.69, 9.17) is 14.2 Å². The summed E-state index contributed by atoms with van der Waals surface area (Å²) in [7, 11) is 3.22. The second-order valence-electron chi connectivity index (χ2n) is 19.0. The number of carbonyl (C=O) groups excluding carboxylic acids is 4. The number of aliphatic hydroxyl groups is 2. The summed E-state index contributed by atoms with van der Waals surface area (Å²) in [5.74, 6) is -5.82. The van der Waals surface area contributed by atoms with E-state index in [1.54, 1.807) is 27.0 Å². The molecule has 2 heterocycles. The summed E-state index contributed by atoms with van der Waals surface area (Å²) in [5.41, 5.74) is 1.61. The monoisotopic (exact) mass is 870 g/mol. The highest BCUT2D eigenvalue weighted by Crippen LogP contribution is 2.36. The Morgan fingerprint density at radius 2 is 1.65 bits per heavy atom. The Kier molecular flexibility index (Phi) is 22.1. The van der Waals surface area contributed by atoms with E-state index in [1.165, 1.54) is 20.0 Å². The third-order valence-electron chi connectivity index (χ3n) is 13.6. The third kappa shape index (κ3) is 15.8. The Hall–Kier alpha value is -3.29. The van der Waals surface area contributed by atoms with Gasteiger partial charge in [-0.2, -0.15) is 0 Å². The average molecular weight is 870 g/mol. The van der Waals surface area contributed by atoms with Crippen LogP contribution in [-0.2, 0) is 38.2 Å². The minimum atomic E-state index is -2.30. The maximum atomic E-state index is 13.5. The molecule has 1 saturated carbocycles. The molecule has 3 fully saturated rings. The molecular formula is C50H79NO11. The van der Waals surface area contributed by atoms with Crippen LogP contribution in [0.3, 0.4) is 0 Å². The van der Waals surface area contributed by atoms with Crippen LogP contribution in [0.5, 0.6) is 0 Å². The molecule has 0 spiro atoms. The van der Waals surface area contributed by atoms with Crippen LogP contribution in [0.4, 0.5) is 0 Å². The highest BCUT2D eigenvalue weighted by Gasteiger charge is 2.52. The molecule has 2 saturated heterocycles. The molecule has 12 nitrogen and oxygen atoms in total. The van der Waals surface area contributed by atoms with Gasteiger partial charge in [0.15, 0.2) is 5.78 Å². The number of carboxylic acids is 1. The van der Waals surface area contributed by atoms with E-state index in [9.17, 15) is 39.3 Å². The molecule has 0 radical (unpaired) electrons. The predicted molar refractivity (Wildman–Crippen MR) is 240 cm³/mol. The minimum Gasteiger partial charge on any atom is -0.480 e. The number of amides is 1. The molecule has 1 amide bonds. The molecule has 0 bridgehead atoms. The number of Topliss-reactive ketones (excluding diaryl/α,β-unsaturated/α-hetero) is 3. The first-order valence-electron chi connectivity index (χ1n) is 23.3. The van der Waals surface area contributed by atoms with Crippen molar-refractivity contribution >= 4 is 29.2 Å². The molecule has 12 atom stereocenters. The van der Waals surface area contributed by atoms with E-state index in [0.717, 1.165) is 36.2 Å². The molecule has 1 unspecified atom stereocenters. The topological polar surface area (TPSA) is 177 Å². The van der Waals surface area contributed by atoms with Crippen molar-refractivity contribution < 1.29 is 53.5 Å². The Bertz CT molecular complexity index is 1620. The number of hydrogen-bond acceptors (Lipinski definition) is 10. The van der Waals surface area contributed by atoms with Gasteiger partial charge in [-0.3, -0.25) is 19.2 Å². The van der Waals surface area contributed by atoms with Crippen LogP contribution in [0.25, 0.3) is 0 Å². The molecule has 350 valence electrons. The van der Waals surface area contributed by atoms with E-state index >= 15 is 0 Å². The van der Waals surface area contributed by atoms with Gasteiger partial charge in [-0.05, 0) is 114 Å². The smallest absolute Gasteiger partial charge is 0.326 e. The molecular weight excluding hydrogens is 791 g/mol. The molecule has 2 aliphatic heterocycles. The van der Waals surface area contributed by atoms with E-state index in [2.05, 4.69) is 6.92 Å². The number of ketones is 3. The molecule has 62 heavy (non-hydrogen) atoms. The van der Waals surface area contributed by atoms with Gasteiger partial charge in [0.25, 0.3) is 11.7 Å². The lowest BCUT2D eigenvalue weighted by molar-refractivity contribution is -0.263. The van der Waals surface area contributed by atoms with Gasteiger partial charge in [0, 0.05) is 44.9 Å². The molecule has 1 aliphatic carbocycles. The van der Waals surface area contributed by atoms with Gasteiger partial charge in [0.05, 0.1) is 12.2 Å². The fourth-order valence-corrected chi connectivity index (χ4v) is 9.50. The van der Waals surface area contributed by atoms with Crippen molar-refractivity contribution in [2.24, 2.45) is 35.5 Å². The molecule has 3 aliphatic rings. The van der Waals surface area contributed by atoms with Gasteiger partial charge in [-0.25, -0.2) is 4.79 Å². The highest BCUT2D eigenvalue weighted by molar-refractivity contribution is 6.39. The van der Waals surface area contributed by atoms with E-state index in [0.29, 0.717) is 74.9 Å². The fourth-order valence-electron chi connectivity index (χ4n) is 9.50. The lowest BCUT2D eigenvalue weighted by Gasteiger charge is -2.42. The number of ether oxygens (including phenoxy) is 3. The second-order valence-corrected chi connectivity index (χ2v) is 19.0. The number of nitrogens with zero attached hydrogens (tertiary/aromatic N) is 1. The van der Waals surface area contributed by atoms with Crippen molar-refractivity contribution in [1.82, 2.24) is 4.90 Å². The lowest BCUT2D eigenvalue weighted by Crippen LogP contribution is -2.60. The van der Waals surface area contributed by atoms with Gasteiger partial charge in [-0.15, -0.1) is 0 Å². The van der Waals surface area contributed by atoms with Crippen LogP contribution in [-0.4, -0.2) is 106 Å². The minimum absolute atomic E-state index is 0.0682. The fraction of sp³-hybridized carbons (Fsp3) is 0.740. The standard InChI is InChI=1S/C50H79NO11/c1-32(21-24-40-25-23-38(7)50(59,62-40)47(55)48(56)51-27-14-13-20-42(51)49(57)58)16-11-10-12-17-33(2)28-36(5)44(53)46(61-9)45(54)37(6)30-35(4)43(52)26-22-34(3)29-39-18-15-19-41(31-39)60-8/h10-12,16-17,30,33-36,38-42,45-46,54,59H,13-15,18-29,31H2,1-9H3,(H,57,58)/b11-10+,17-12+,32-16+,37-30+/t33-,34+,35-,36-,38-,39+,40-,41+,42?,45-,46+,50-/m1/s1. The largest absolute Gasteiger partial charge is 0.480 e. The molecule has 0 aromatic rings. The second kappa shape index (κ2) is 25.9. The molecule has 0 aromatic heterocycles. The summed E-state index contributed by atoms with van der Waals surface area (Å²) in [6.45, 7) is 13.5. The first kappa shape index (κ1) is 53.1. The first-order chi connectivity index (χ1) is 29.3. The number of rotatable bonds is 24. The normalized spacial score (nSPS) is 28.3. The Morgan fingerprint density at radius 1 is 0.919 bits per heavy atom. The lowest BCUT2D eigenvalue weighted by atomic mass is 9.80. The van der Waals surface area contributed by atoms with Crippen molar-refractivity contribution in [2.75, 3.05) is 20.8 Å². The predicted octanol–water partition coefficient (Wildman–Crippen LogP) is 8.13. The summed E-state index contributed by atoms with van der Waals surface area (Å²) in [5, 5.41) is 32.1. The third-order valence-corrected chi connectivity index (χ3v) is 13.6. The van der Waals surface area contributed by atoms with Gasteiger partial charge in [0.2, 0.25) is 5.79 Å². The summed E-state index contributed by atoms with van der Waals surface area (Å²) in [4.78, 5) is 65.8. The van der Waals surface area contributed by atoms with Crippen LogP contribution in [0.15, 0.2) is 47.6 Å². The molecule has 3 rings (SSSR count). The van der Waals surface area contributed by atoms with Crippen molar-refractivity contribution in [2.45, 2.75) is 181 Å². The SMILES string of the molecule is CO[C@H]1CCC[C@@H](C[C@@H](C)CCC(=O)[C@H](C)/C=C(\C)[C@@H](O)[C@@H](OC)C(=O)[C@H](C)C[C@H](C)/C=C/C=C/C=C(\C)CC[C@@H]2CC[C@@H](C)[C@](O)(C(=O)C(=O)N3CCCCC3C(=O)O)O2)C1. The number of carbonyl (C=O) groups is 5. The van der Waals surface area contributed by atoms with Crippen LogP contribution < -0.4 is 0 Å². The van der Waals surface area contributed by atoms with Crippen LogP contribution in [0.1, 0.15) is 145 Å².